The van der Waals surface area contributed by atoms with Gasteiger partial charge >= 0.3 is 0 Å². The monoisotopic (exact) mass is 352 g/mol. The molecule has 0 radical (unpaired) electrons. The maximum absolute atomic E-state index is 5.71. The van der Waals surface area contributed by atoms with Crippen LogP contribution in [0.4, 0.5) is 0 Å². The van der Waals surface area contributed by atoms with Crippen molar-refractivity contribution in [1.82, 2.24) is 4.98 Å². The number of rotatable bonds is 7. The summed E-state index contributed by atoms with van der Waals surface area (Å²) in [5.41, 5.74) is 6.76. The van der Waals surface area contributed by atoms with E-state index >= 15 is 0 Å². The third kappa shape index (κ3) is 4.81. The Labute approximate surface area is 132 Å². The minimum absolute atomic E-state index is 0.657. The number of pyridine rings is 1. The molecule has 1 heterocycles. The van der Waals surface area contributed by atoms with Crippen LogP contribution in [0.15, 0.2) is 52.1 Å². The summed E-state index contributed by atoms with van der Waals surface area (Å²) < 4.78 is 6.73. The fourth-order valence-corrected chi connectivity index (χ4v) is 2.99. The molecule has 106 valence electrons. The third-order valence-corrected chi connectivity index (χ3v) is 4.54. The number of nitrogens with two attached hydrogens (primary N) is 1. The van der Waals surface area contributed by atoms with Crippen LogP contribution in [0, 0.1) is 0 Å². The predicted molar refractivity (Wildman–Crippen MR) is 87.4 cm³/mol. The smallest absolute Gasteiger partial charge is 0.119 e. The second kappa shape index (κ2) is 8.29. The lowest BCUT2D eigenvalue weighted by Crippen LogP contribution is -2.03. The van der Waals surface area contributed by atoms with Crippen molar-refractivity contribution in [3.05, 3.63) is 52.6 Å². The SMILES string of the molecule is NCCc1ccc(OCCSc2ncccc2Br)cc1. The number of aromatic nitrogens is 1. The Morgan fingerprint density at radius 1 is 1.20 bits per heavy atom. The normalized spacial score (nSPS) is 10.5. The molecule has 0 aliphatic carbocycles. The zero-order chi connectivity index (χ0) is 14.2. The quantitative estimate of drug-likeness (QED) is 0.611. The van der Waals surface area contributed by atoms with Gasteiger partial charge in [0.05, 0.1) is 6.61 Å². The Balaban J connectivity index is 1.74. The molecule has 2 aromatic rings. The van der Waals surface area contributed by atoms with Crippen LogP contribution >= 0.6 is 27.7 Å². The van der Waals surface area contributed by atoms with Gasteiger partial charge in [-0.2, -0.15) is 0 Å². The minimum Gasteiger partial charge on any atom is -0.493 e. The Morgan fingerprint density at radius 2 is 2.00 bits per heavy atom. The molecule has 3 nitrogen and oxygen atoms in total. The van der Waals surface area contributed by atoms with Gasteiger partial charge in [-0.25, -0.2) is 4.98 Å². The lowest BCUT2D eigenvalue weighted by Gasteiger charge is -2.07. The second-order valence-corrected chi connectivity index (χ2v) is 6.11. The van der Waals surface area contributed by atoms with Crippen molar-refractivity contribution in [2.24, 2.45) is 5.73 Å². The van der Waals surface area contributed by atoms with Crippen molar-refractivity contribution < 1.29 is 4.74 Å². The van der Waals surface area contributed by atoms with Crippen molar-refractivity contribution in [2.75, 3.05) is 18.9 Å². The molecule has 0 saturated carbocycles. The van der Waals surface area contributed by atoms with Crippen LogP contribution in [-0.2, 0) is 6.42 Å². The van der Waals surface area contributed by atoms with E-state index in [0.29, 0.717) is 13.2 Å². The van der Waals surface area contributed by atoms with Crippen molar-refractivity contribution in [1.29, 1.82) is 0 Å². The second-order valence-electron chi connectivity index (χ2n) is 4.17. The van der Waals surface area contributed by atoms with E-state index in [1.54, 1.807) is 18.0 Å². The summed E-state index contributed by atoms with van der Waals surface area (Å²) >= 11 is 5.16. The summed E-state index contributed by atoms with van der Waals surface area (Å²) in [5.74, 6) is 1.76. The average molecular weight is 353 g/mol. The summed E-state index contributed by atoms with van der Waals surface area (Å²) in [6, 6.07) is 12.0. The Bertz CT molecular complexity index is 534. The van der Waals surface area contributed by atoms with Crippen LogP contribution in [0.25, 0.3) is 0 Å². The summed E-state index contributed by atoms with van der Waals surface area (Å²) in [6.07, 6.45) is 2.70. The molecule has 2 N–H and O–H groups in total. The summed E-state index contributed by atoms with van der Waals surface area (Å²) in [5, 5.41) is 0.995. The molecule has 2 rings (SSSR count). The molecule has 0 fully saturated rings. The van der Waals surface area contributed by atoms with Gasteiger partial charge in [0, 0.05) is 16.4 Å². The summed E-state index contributed by atoms with van der Waals surface area (Å²) in [6.45, 7) is 1.33. The standard InChI is InChI=1S/C15H17BrN2OS/c16-14-2-1-9-18-15(14)20-11-10-19-13-5-3-12(4-6-13)7-8-17/h1-6,9H,7-8,10-11,17H2. The van der Waals surface area contributed by atoms with E-state index in [2.05, 4.69) is 33.0 Å². The largest absolute Gasteiger partial charge is 0.493 e. The number of hydrogen-bond donors (Lipinski definition) is 1. The Morgan fingerprint density at radius 3 is 2.70 bits per heavy atom. The first-order chi connectivity index (χ1) is 9.79. The van der Waals surface area contributed by atoms with E-state index in [9.17, 15) is 0 Å². The van der Waals surface area contributed by atoms with E-state index in [1.165, 1.54) is 5.56 Å². The molecular formula is C15H17BrN2OS. The molecule has 0 spiro atoms. The van der Waals surface area contributed by atoms with E-state index in [1.807, 2.05) is 24.3 Å². The third-order valence-electron chi connectivity index (χ3n) is 2.67. The molecule has 0 unspecified atom stereocenters. The molecule has 0 bridgehead atoms. The number of benzene rings is 1. The number of ether oxygens (including phenoxy) is 1. The van der Waals surface area contributed by atoms with Crippen LogP contribution < -0.4 is 10.5 Å². The van der Waals surface area contributed by atoms with Gasteiger partial charge in [0.25, 0.3) is 0 Å². The molecule has 0 saturated heterocycles. The van der Waals surface area contributed by atoms with E-state index in [0.717, 1.165) is 27.4 Å². The first-order valence-corrected chi connectivity index (χ1v) is 8.22. The lowest BCUT2D eigenvalue weighted by atomic mass is 10.1. The van der Waals surface area contributed by atoms with Gasteiger partial charge in [-0.1, -0.05) is 12.1 Å². The number of halogens is 1. The highest BCUT2D eigenvalue weighted by molar-refractivity contribution is 9.10. The lowest BCUT2D eigenvalue weighted by molar-refractivity contribution is 0.344. The highest BCUT2D eigenvalue weighted by atomic mass is 79.9. The predicted octanol–water partition coefficient (Wildman–Crippen LogP) is 3.52. The molecule has 0 amide bonds. The Kier molecular flexibility index (Phi) is 6.36. The van der Waals surface area contributed by atoms with Crippen molar-refractivity contribution in [3.63, 3.8) is 0 Å². The highest BCUT2D eigenvalue weighted by Gasteiger charge is 2.01. The fraction of sp³-hybridized carbons (Fsp3) is 0.267. The zero-order valence-corrected chi connectivity index (χ0v) is 13.5. The van der Waals surface area contributed by atoms with Gasteiger partial charge in [-0.05, 0) is 58.7 Å². The van der Waals surface area contributed by atoms with Crippen LogP contribution in [0.2, 0.25) is 0 Å². The number of nitrogens with zero attached hydrogens (tertiary/aromatic N) is 1. The molecule has 20 heavy (non-hydrogen) atoms. The molecule has 0 atom stereocenters. The van der Waals surface area contributed by atoms with E-state index in [-0.39, 0.29) is 0 Å². The van der Waals surface area contributed by atoms with Gasteiger partial charge in [0.1, 0.15) is 10.8 Å². The average Bonchev–Trinajstić information content (AvgIpc) is 2.47. The first kappa shape index (κ1) is 15.4. The molecule has 5 heteroatoms. The summed E-state index contributed by atoms with van der Waals surface area (Å²) in [7, 11) is 0. The Hall–Kier alpha value is -1.04. The minimum atomic E-state index is 0.657. The van der Waals surface area contributed by atoms with E-state index < -0.39 is 0 Å². The van der Waals surface area contributed by atoms with Gasteiger partial charge in [-0.15, -0.1) is 11.8 Å². The first-order valence-electron chi connectivity index (χ1n) is 6.44. The topological polar surface area (TPSA) is 48.1 Å². The van der Waals surface area contributed by atoms with Crippen LogP contribution in [0.3, 0.4) is 0 Å². The van der Waals surface area contributed by atoms with Crippen molar-refractivity contribution >= 4 is 27.7 Å². The van der Waals surface area contributed by atoms with Gasteiger partial charge in [0.15, 0.2) is 0 Å². The van der Waals surface area contributed by atoms with Crippen LogP contribution in [0.5, 0.6) is 5.75 Å². The number of thioether (sulfide) groups is 1. The van der Waals surface area contributed by atoms with Crippen molar-refractivity contribution in [2.45, 2.75) is 11.4 Å². The zero-order valence-electron chi connectivity index (χ0n) is 11.1. The number of hydrogen-bond acceptors (Lipinski definition) is 4. The molecule has 0 aliphatic heterocycles. The van der Waals surface area contributed by atoms with Crippen molar-refractivity contribution in [3.8, 4) is 5.75 Å². The van der Waals surface area contributed by atoms with Gasteiger partial charge in [-0.3, -0.25) is 0 Å². The maximum atomic E-state index is 5.71. The molecule has 1 aromatic carbocycles. The van der Waals surface area contributed by atoms with E-state index in [4.69, 9.17) is 10.5 Å². The maximum Gasteiger partial charge on any atom is 0.119 e. The highest BCUT2D eigenvalue weighted by Crippen LogP contribution is 2.24. The molecule has 1 aromatic heterocycles. The van der Waals surface area contributed by atoms with Crippen LogP contribution in [-0.4, -0.2) is 23.9 Å². The molecular weight excluding hydrogens is 336 g/mol. The fourth-order valence-electron chi connectivity index (χ4n) is 1.69. The van der Waals surface area contributed by atoms with Gasteiger partial charge < -0.3 is 10.5 Å². The van der Waals surface area contributed by atoms with Gasteiger partial charge in [0.2, 0.25) is 0 Å². The summed E-state index contributed by atoms with van der Waals surface area (Å²) in [4.78, 5) is 4.30. The van der Waals surface area contributed by atoms with Crippen LogP contribution in [0.1, 0.15) is 5.56 Å². The molecule has 0 aliphatic rings.